The van der Waals surface area contributed by atoms with Gasteiger partial charge in [-0.25, -0.2) is 0 Å². The summed E-state index contributed by atoms with van der Waals surface area (Å²) in [6, 6.07) is 0. The molecule has 0 bridgehead atoms. The second-order valence-corrected chi connectivity index (χ2v) is 3.93. The van der Waals surface area contributed by atoms with Gasteiger partial charge in [0.25, 0.3) is 0 Å². The van der Waals surface area contributed by atoms with E-state index in [-0.39, 0.29) is 0 Å². The van der Waals surface area contributed by atoms with Crippen LogP contribution < -0.4 is 5.32 Å². The number of hydrogen-bond donors (Lipinski definition) is 1. The number of rotatable bonds is 8. The summed E-state index contributed by atoms with van der Waals surface area (Å²) in [6.07, 6.45) is 5.39. The van der Waals surface area contributed by atoms with Crippen LogP contribution in [-0.2, 0) is 0 Å². The van der Waals surface area contributed by atoms with Crippen molar-refractivity contribution in [3.63, 3.8) is 0 Å². The van der Waals surface area contributed by atoms with Crippen molar-refractivity contribution < 1.29 is 0 Å². The monoisotopic (exact) mass is 185 g/mol. The third-order valence-corrected chi connectivity index (χ3v) is 3.03. The van der Waals surface area contributed by atoms with Crippen molar-refractivity contribution in [1.29, 1.82) is 0 Å². The molecule has 0 aromatic carbocycles. The van der Waals surface area contributed by atoms with E-state index in [0.717, 1.165) is 18.4 Å². The Hall–Kier alpha value is -0.0400. The van der Waals surface area contributed by atoms with Gasteiger partial charge >= 0.3 is 0 Å². The third-order valence-electron chi connectivity index (χ3n) is 3.03. The molecule has 0 aromatic heterocycles. The highest BCUT2D eigenvalue weighted by Crippen LogP contribution is 2.23. The van der Waals surface area contributed by atoms with Crippen LogP contribution >= 0.6 is 0 Å². The van der Waals surface area contributed by atoms with E-state index in [2.05, 4.69) is 33.0 Å². The summed E-state index contributed by atoms with van der Waals surface area (Å²) in [5.41, 5.74) is 0. The summed E-state index contributed by atoms with van der Waals surface area (Å²) in [4.78, 5) is 0. The van der Waals surface area contributed by atoms with Gasteiger partial charge in [-0.05, 0) is 31.3 Å². The van der Waals surface area contributed by atoms with Crippen LogP contribution in [0.15, 0.2) is 0 Å². The molecule has 0 aliphatic carbocycles. The maximum atomic E-state index is 3.48. The predicted molar refractivity (Wildman–Crippen MR) is 61.0 cm³/mol. The molecule has 1 heteroatoms. The van der Waals surface area contributed by atoms with Crippen LogP contribution in [0, 0.1) is 11.8 Å². The zero-order valence-corrected chi connectivity index (χ0v) is 9.90. The highest BCUT2D eigenvalue weighted by molar-refractivity contribution is 4.69. The van der Waals surface area contributed by atoms with Crippen LogP contribution in [0.25, 0.3) is 0 Å². The maximum absolute atomic E-state index is 3.48. The van der Waals surface area contributed by atoms with Crippen molar-refractivity contribution in [3.8, 4) is 0 Å². The molecule has 0 aliphatic rings. The first-order valence-electron chi connectivity index (χ1n) is 6.00. The fourth-order valence-corrected chi connectivity index (χ4v) is 2.16. The molecule has 0 saturated heterocycles. The smallest absolute Gasteiger partial charge is 0.00180 e. The first kappa shape index (κ1) is 13.0. The Balaban J connectivity index is 3.88. The molecule has 1 atom stereocenters. The first-order chi connectivity index (χ1) is 6.29. The van der Waals surface area contributed by atoms with Crippen molar-refractivity contribution >= 4 is 0 Å². The minimum Gasteiger partial charge on any atom is -0.317 e. The van der Waals surface area contributed by atoms with Gasteiger partial charge < -0.3 is 5.32 Å². The van der Waals surface area contributed by atoms with Gasteiger partial charge in [0.05, 0.1) is 0 Å². The molecule has 1 N–H and O–H groups in total. The van der Waals surface area contributed by atoms with Gasteiger partial charge in [0.1, 0.15) is 0 Å². The van der Waals surface area contributed by atoms with E-state index in [1.165, 1.54) is 32.2 Å². The predicted octanol–water partition coefficient (Wildman–Crippen LogP) is 3.45. The number of hydrogen-bond acceptors (Lipinski definition) is 1. The second-order valence-electron chi connectivity index (χ2n) is 3.93. The third kappa shape index (κ3) is 5.30. The van der Waals surface area contributed by atoms with Crippen molar-refractivity contribution in [2.24, 2.45) is 11.8 Å². The minimum atomic E-state index is 0.903. The Labute approximate surface area is 84.3 Å². The fraction of sp³-hybridized carbons (Fsp3) is 1.00. The zero-order chi connectivity index (χ0) is 10.1. The molecule has 0 aliphatic heterocycles. The Morgan fingerprint density at radius 1 is 0.923 bits per heavy atom. The van der Waals surface area contributed by atoms with Crippen LogP contribution in [0.1, 0.15) is 53.4 Å². The van der Waals surface area contributed by atoms with Gasteiger partial charge in [-0.2, -0.15) is 0 Å². The van der Waals surface area contributed by atoms with Gasteiger partial charge in [0, 0.05) is 0 Å². The van der Waals surface area contributed by atoms with Gasteiger partial charge in [-0.1, -0.05) is 47.0 Å². The second kappa shape index (κ2) is 8.55. The number of nitrogens with one attached hydrogen (secondary N) is 1. The van der Waals surface area contributed by atoms with E-state index in [9.17, 15) is 0 Å². The molecule has 1 nitrogen and oxygen atoms in total. The molecule has 0 amide bonds. The maximum Gasteiger partial charge on any atom is -0.00180 e. The summed E-state index contributed by atoms with van der Waals surface area (Å²) in [7, 11) is 0. The van der Waals surface area contributed by atoms with Crippen LogP contribution in [0.3, 0.4) is 0 Å². The van der Waals surface area contributed by atoms with E-state index < -0.39 is 0 Å². The molecule has 0 fully saturated rings. The summed E-state index contributed by atoms with van der Waals surface area (Å²) < 4.78 is 0. The lowest BCUT2D eigenvalue weighted by atomic mass is 9.84. The Morgan fingerprint density at radius 3 is 1.92 bits per heavy atom. The minimum absolute atomic E-state index is 0.903. The van der Waals surface area contributed by atoms with Gasteiger partial charge in [0.15, 0.2) is 0 Å². The lowest BCUT2D eigenvalue weighted by molar-refractivity contribution is 0.283. The van der Waals surface area contributed by atoms with Gasteiger partial charge in [0.2, 0.25) is 0 Å². The molecule has 80 valence electrons. The standard InChI is InChI=1S/C12H27N/c1-5-9-12(10-13-8-4)11(6-2)7-3/h11-13H,5-10H2,1-4H3. The molecule has 0 aromatic rings. The lowest BCUT2D eigenvalue weighted by Crippen LogP contribution is -2.27. The van der Waals surface area contributed by atoms with E-state index in [0.29, 0.717) is 0 Å². The van der Waals surface area contributed by atoms with Gasteiger partial charge in [-0.15, -0.1) is 0 Å². The molecule has 0 spiro atoms. The van der Waals surface area contributed by atoms with Crippen molar-refractivity contribution in [2.75, 3.05) is 13.1 Å². The highest BCUT2D eigenvalue weighted by Gasteiger charge is 2.16. The van der Waals surface area contributed by atoms with Crippen molar-refractivity contribution in [1.82, 2.24) is 5.32 Å². The largest absolute Gasteiger partial charge is 0.317 e. The molecule has 0 radical (unpaired) electrons. The highest BCUT2D eigenvalue weighted by atomic mass is 14.8. The van der Waals surface area contributed by atoms with Crippen LogP contribution in [0.4, 0.5) is 0 Å². The van der Waals surface area contributed by atoms with E-state index >= 15 is 0 Å². The summed E-state index contributed by atoms with van der Waals surface area (Å²) in [6.45, 7) is 11.5. The summed E-state index contributed by atoms with van der Waals surface area (Å²) in [5.74, 6) is 1.83. The molecule has 1 unspecified atom stereocenters. The van der Waals surface area contributed by atoms with Crippen molar-refractivity contribution in [3.05, 3.63) is 0 Å². The van der Waals surface area contributed by atoms with E-state index in [1.54, 1.807) is 0 Å². The van der Waals surface area contributed by atoms with Crippen LogP contribution in [-0.4, -0.2) is 13.1 Å². The molecule has 0 saturated carbocycles. The molecular formula is C12H27N. The normalized spacial score (nSPS) is 13.6. The Morgan fingerprint density at radius 2 is 1.54 bits per heavy atom. The quantitative estimate of drug-likeness (QED) is 0.611. The van der Waals surface area contributed by atoms with E-state index in [4.69, 9.17) is 0 Å². The lowest BCUT2D eigenvalue weighted by Gasteiger charge is -2.25. The Kier molecular flexibility index (Phi) is 8.53. The zero-order valence-electron chi connectivity index (χ0n) is 9.90. The topological polar surface area (TPSA) is 12.0 Å². The molecule has 0 heterocycles. The molecule has 0 rings (SSSR count). The van der Waals surface area contributed by atoms with Crippen molar-refractivity contribution in [2.45, 2.75) is 53.4 Å². The van der Waals surface area contributed by atoms with Crippen LogP contribution in [0.5, 0.6) is 0 Å². The first-order valence-corrected chi connectivity index (χ1v) is 6.00. The average molecular weight is 185 g/mol. The summed E-state index contributed by atoms with van der Waals surface area (Å²) >= 11 is 0. The van der Waals surface area contributed by atoms with Gasteiger partial charge in [-0.3, -0.25) is 0 Å². The molecular weight excluding hydrogens is 158 g/mol. The molecule has 13 heavy (non-hydrogen) atoms. The van der Waals surface area contributed by atoms with Crippen LogP contribution in [0.2, 0.25) is 0 Å². The van der Waals surface area contributed by atoms with E-state index in [1.807, 2.05) is 0 Å². The average Bonchev–Trinajstić information content (AvgIpc) is 2.16. The summed E-state index contributed by atoms with van der Waals surface area (Å²) in [5, 5.41) is 3.48. The Bertz CT molecular complexity index is 97.3. The SMILES string of the molecule is CCCC(CNCC)C(CC)CC. The fourth-order valence-electron chi connectivity index (χ4n) is 2.16.